The SMILES string of the molecule is Cc1ccc(-c2cc(C(=O)NCc3ccc(CS(=O)(=O)NC(C)C)cc3)c3ccccc3n2)o1. The summed E-state index contributed by atoms with van der Waals surface area (Å²) in [4.78, 5) is 17.8. The molecule has 0 aliphatic rings. The van der Waals surface area contributed by atoms with Gasteiger partial charge < -0.3 is 9.73 Å². The van der Waals surface area contributed by atoms with E-state index in [2.05, 4.69) is 15.0 Å². The maximum atomic E-state index is 13.1. The summed E-state index contributed by atoms with van der Waals surface area (Å²) in [5.41, 5.74) is 3.36. The summed E-state index contributed by atoms with van der Waals surface area (Å²) in [5, 5.41) is 3.71. The average Bonchev–Trinajstić information content (AvgIpc) is 3.23. The highest BCUT2D eigenvalue weighted by molar-refractivity contribution is 7.88. The van der Waals surface area contributed by atoms with Crippen LogP contribution in [0.25, 0.3) is 22.4 Å². The van der Waals surface area contributed by atoms with Gasteiger partial charge in [0.25, 0.3) is 5.91 Å². The fourth-order valence-electron chi connectivity index (χ4n) is 3.71. The zero-order valence-corrected chi connectivity index (χ0v) is 20.1. The quantitative estimate of drug-likeness (QED) is 0.387. The number of sulfonamides is 1. The minimum absolute atomic E-state index is 0.0874. The van der Waals surface area contributed by atoms with Crippen molar-refractivity contribution in [2.24, 2.45) is 0 Å². The van der Waals surface area contributed by atoms with E-state index < -0.39 is 10.0 Å². The molecule has 0 atom stereocenters. The lowest BCUT2D eigenvalue weighted by Gasteiger charge is -2.11. The number of furan rings is 1. The first kappa shape index (κ1) is 23.7. The Morgan fingerprint density at radius 3 is 2.38 bits per heavy atom. The molecule has 0 aliphatic heterocycles. The normalized spacial score (nSPS) is 11.8. The number of rotatable bonds is 8. The Morgan fingerprint density at radius 2 is 1.71 bits per heavy atom. The van der Waals surface area contributed by atoms with Crippen LogP contribution in [0.5, 0.6) is 0 Å². The van der Waals surface area contributed by atoms with Crippen molar-refractivity contribution in [1.82, 2.24) is 15.0 Å². The Kier molecular flexibility index (Phi) is 6.81. The predicted octanol–water partition coefficient (Wildman–Crippen LogP) is 4.56. The van der Waals surface area contributed by atoms with Gasteiger partial charge in [0.15, 0.2) is 5.76 Å². The Balaban J connectivity index is 1.50. The van der Waals surface area contributed by atoms with Crippen molar-refractivity contribution in [3.63, 3.8) is 0 Å². The second-order valence-electron chi connectivity index (χ2n) is 8.51. The van der Waals surface area contributed by atoms with Gasteiger partial charge in [0, 0.05) is 18.0 Å². The van der Waals surface area contributed by atoms with Crippen LogP contribution < -0.4 is 10.0 Å². The number of aryl methyl sites for hydroxylation is 1. The summed E-state index contributed by atoms with van der Waals surface area (Å²) >= 11 is 0. The Morgan fingerprint density at radius 1 is 1.00 bits per heavy atom. The molecule has 176 valence electrons. The number of carbonyl (C=O) groups excluding carboxylic acids is 1. The second-order valence-corrected chi connectivity index (χ2v) is 10.3. The number of para-hydroxylation sites is 1. The van der Waals surface area contributed by atoms with Crippen molar-refractivity contribution in [2.45, 2.75) is 39.1 Å². The van der Waals surface area contributed by atoms with Crippen molar-refractivity contribution < 1.29 is 17.6 Å². The van der Waals surface area contributed by atoms with Crippen molar-refractivity contribution in [2.75, 3.05) is 0 Å². The van der Waals surface area contributed by atoms with Gasteiger partial charge in [-0.3, -0.25) is 4.79 Å². The molecule has 4 rings (SSSR count). The second kappa shape index (κ2) is 9.79. The van der Waals surface area contributed by atoms with Crippen LogP contribution in [0.15, 0.2) is 71.1 Å². The average molecular weight is 478 g/mol. The highest BCUT2D eigenvalue weighted by Crippen LogP contribution is 2.26. The minimum Gasteiger partial charge on any atom is -0.460 e. The Hall–Kier alpha value is -3.49. The van der Waals surface area contributed by atoms with Crippen LogP contribution in [-0.4, -0.2) is 25.4 Å². The molecular weight excluding hydrogens is 450 g/mol. The molecule has 0 bridgehead atoms. The van der Waals surface area contributed by atoms with Crippen LogP contribution in [0.1, 0.15) is 41.1 Å². The van der Waals surface area contributed by atoms with E-state index in [0.29, 0.717) is 34.6 Å². The molecule has 0 unspecified atom stereocenters. The number of nitrogens with zero attached hydrogens (tertiary/aromatic N) is 1. The van der Waals surface area contributed by atoms with Gasteiger partial charge in [-0.25, -0.2) is 18.1 Å². The third-order valence-corrected chi connectivity index (χ3v) is 6.75. The molecule has 2 N–H and O–H groups in total. The number of nitrogens with one attached hydrogen (secondary N) is 2. The van der Waals surface area contributed by atoms with Gasteiger partial charge in [-0.1, -0.05) is 42.5 Å². The lowest BCUT2D eigenvalue weighted by molar-refractivity contribution is 0.0952. The van der Waals surface area contributed by atoms with Crippen molar-refractivity contribution >= 4 is 26.8 Å². The molecule has 0 fully saturated rings. The van der Waals surface area contributed by atoms with E-state index in [1.54, 1.807) is 32.0 Å². The fourth-order valence-corrected chi connectivity index (χ4v) is 5.15. The monoisotopic (exact) mass is 477 g/mol. The fraction of sp³-hybridized carbons (Fsp3) is 0.231. The van der Waals surface area contributed by atoms with E-state index >= 15 is 0 Å². The maximum absolute atomic E-state index is 13.1. The number of benzene rings is 2. The van der Waals surface area contributed by atoms with Gasteiger partial charge in [-0.15, -0.1) is 0 Å². The van der Waals surface area contributed by atoms with E-state index in [1.807, 2.05) is 55.5 Å². The van der Waals surface area contributed by atoms with E-state index in [9.17, 15) is 13.2 Å². The number of amides is 1. The van der Waals surface area contributed by atoms with Gasteiger partial charge in [0.2, 0.25) is 10.0 Å². The van der Waals surface area contributed by atoms with Crippen molar-refractivity contribution in [1.29, 1.82) is 0 Å². The summed E-state index contributed by atoms with van der Waals surface area (Å²) in [6, 6.07) is 20.0. The van der Waals surface area contributed by atoms with E-state index in [1.165, 1.54) is 0 Å². The van der Waals surface area contributed by atoms with Gasteiger partial charge >= 0.3 is 0 Å². The van der Waals surface area contributed by atoms with Crippen LogP contribution in [0.3, 0.4) is 0 Å². The van der Waals surface area contributed by atoms with E-state index in [4.69, 9.17) is 4.42 Å². The molecule has 2 aromatic heterocycles. The Bertz CT molecular complexity index is 1420. The summed E-state index contributed by atoms with van der Waals surface area (Å²) in [6.07, 6.45) is 0. The predicted molar refractivity (Wildman–Crippen MR) is 133 cm³/mol. The zero-order chi connectivity index (χ0) is 24.3. The van der Waals surface area contributed by atoms with Gasteiger partial charge in [0.1, 0.15) is 11.5 Å². The first-order valence-electron chi connectivity index (χ1n) is 11.0. The lowest BCUT2D eigenvalue weighted by atomic mass is 10.1. The molecule has 8 heteroatoms. The molecule has 0 radical (unpaired) electrons. The molecule has 1 amide bonds. The Labute approximate surface area is 199 Å². The van der Waals surface area contributed by atoms with Crippen molar-refractivity contribution in [3.05, 3.63) is 89.2 Å². The van der Waals surface area contributed by atoms with Crippen LogP contribution in [0, 0.1) is 6.92 Å². The lowest BCUT2D eigenvalue weighted by Crippen LogP contribution is -2.31. The summed E-state index contributed by atoms with van der Waals surface area (Å²) in [5.74, 6) is 1.06. The molecule has 0 spiro atoms. The molecule has 2 heterocycles. The number of carbonyl (C=O) groups is 1. The standard InChI is InChI=1S/C26H27N3O4S/c1-17(2)29-34(31,32)16-20-11-9-19(10-12-20)15-27-26(30)22-14-24(25-13-8-18(3)33-25)28-23-7-5-4-6-21(22)23/h4-14,17,29H,15-16H2,1-3H3,(H,27,30). The number of hydrogen-bond acceptors (Lipinski definition) is 5. The zero-order valence-electron chi connectivity index (χ0n) is 19.3. The summed E-state index contributed by atoms with van der Waals surface area (Å²) < 4.78 is 32.5. The first-order valence-corrected chi connectivity index (χ1v) is 12.7. The smallest absolute Gasteiger partial charge is 0.252 e. The van der Waals surface area contributed by atoms with Gasteiger partial charge in [-0.05, 0) is 56.2 Å². The third-order valence-electron chi connectivity index (χ3n) is 5.20. The van der Waals surface area contributed by atoms with E-state index in [-0.39, 0.29) is 17.7 Å². The van der Waals surface area contributed by atoms with Crippen molar-refractivity contribution in [3.8, 4) is 11.5 Å². The molecule has 0 saturated carbocycles. The largest absolute Gasteiger partial charge is 0.460 e. The minimum atomic E-state index is -3.39. The molecule has 34 heavy (non-hydrogen) atoms. The van der Waals surface area contributed by atoms with Gasteiger partial charge in [-0.2, -0.15) is 0 Å². The number of hydrogen-bond donors (Lipinski definition) is 2. The van der Waals surface area contributed by atoms with Crippen LogP contribution in [0.2, 0.25) is 0 Å². The molecule has 2 aromatic carbocycles. The van der Waals surface area contributed by atoms with Crippen LogP contribution >= 0.6 is 0 Å². The molecule has 4 aromatic rings. The maximum Gasteiger partial charge on any atom is 0.252 e. The topological polar surface area (TPSA) is 101 Å². The summed E-state index contributed by atoms with van der Waals surface area (Å²) in [7, 11) is -3.39. The highest BCUT2D eigenvalue weighted by Gasteiger charge is 2.16. The number of fused-ring (bicyclic) bond motifs is 1. The number of aromatic nitrogens is 1. The van der Waals surface area contributed by atoms with Gasteiger partial charge in [0.05, 0.1) is 16.8 Å². The first-order chi connectivity index (χ1) is 16.2. The molecular formula is C26H27N3O4S. The molecule has 0 aliphatic carbocycles. The molecule has 0 saturated heterocycles. The highest BCUT2D eigenvalue weighted by atomic mass is 32.2. The molecule has 7 nitrogen and oxygen atoms in total. The van der Waals surface area contributed by atoms with E-state index in [0.717, 1.165) is 16.7 Å². The third kappa shape index (κ3) is 5.70. The number of pyridine rings is 1. The summed E-state index contributed by atoms with van der Waals surface area (Å²) in [6.45, 7) is 5.74. The van der Waals surface area contributed by atoms with Crippen LogP contribution in [-0.2, 0) is 22.3 Å². The van der Waals surface area contributed by atoms with Crippen LogP contribution in [0.4, 0.5) is 0 Å².